The SMILES string of the molecule is CCCC(=O)Nc1cccc(CN=C(NCC)NCC2(CCOC)CCCC2)c1. The maximum absolute atomic E-state index is 11.8. The number of nitrogens with zero attached hydrogens (tertiary/aromatic N) is 1. The van der Waals surface area contributed by atoms with Crippen molar-refractivity contribution < 1.29 is 9.53 Å². The smallest absolute Gasteiger partial charge is 0.224 e. The number of ether oxygens (including phenoxy) is 1. The van der Waals surface area contributed by atoms with Gasteiger partial charge in [0.05, 0.1) is 6.54 Å². The lowest BCUT2D eigenvalue weighted by molar-refractivity contribution is -0.116. The number of anilines is 1. The second-order valence-electron chi connectivity index (χ2n) is 8.00. The van der Waals surface area contributed by atoms with Crippen molar-refractivity contribution in [2.75, 3.05) is 32.1 Å². The van der Waals surface area contributed by atoms with Crippen LogP contribution in [0.3, 0.4) is 0 Å². The van der Waals surface area contributed by atoms with Gasteiger partial charge in [-0.25, -0.2) is 4.99 Å². The van der Waals surface area contributed by atoms with E-state index in [4.69, 9.17) is 9.73 Å². The molecule has 0 saturated heterocycles. The number of benzene rings is 1. The van der Waals surface area contributed by atoms with Crippen molar-refractivity contribution in [3.63, 3.8) is 0 Å². The molecule has 29 heavy (non-hydrogen) atoms. The molecular weight excluding hydrogens is 364 g/mol. The maximum atomic E-state index is 11.8. The summed E-state index contributed by atoms with van der Waals surface area (Å²) in [6.45, 7) is 7.21. The molecule has 0 radical (unpaired) electrons. The Balaban J connectivity index is 1.97. The van der Waals surface area contributed by atoms with Gasteiger partial charge in [0.1, 0.15) is 0 Å². The Kier molecular flexibility index (Phi) is 9.98. The standard InChI is InChI=1S/C23H38N4O2/c1-4-9-21(28)27-20-11-8-10-19(16-20)17-25-22(24-5-2)26-18-23(14-15-29-3)12-6-7-13-23/h8,10-11,16H,4-7,9,12-15,17-18H2,1-3H3,(H,27,28)(H2,24,25,26). The predicted octanol–water partition coefficient (Wildman–Crippen LogP) is 4.08. The Morgan fingerprint density at radius 2 is 2.00 bits per heavy atom. The number of guanidine groups is 1. The van der Waals surface area contributed by atoms with E-state index in [1.165, 1.54) is 25.7 Å². The average Bonchev–Trinajstić information content (AvgIpc) is 3.18. The number of nitrogens with one attached hydrogen (secondary N) is 3. The summed E-state index contributed by atoms with van der Waals surface area (Å²) >= 11 is 0. The van der Waals surface area contributed by atoms with Crippen molar-refractivity contribution in [2.45, 2.75) is 65.3 Å². The van der Waals surface area contributed by atoms with Crippen LogP contribution < -0.4 is 16.0 Å². The van der Waals surface area contributed by atoms with Crippen LogP contribution in [0.25, 0.3) is 0 Å². The molecule has 6 heteroatoms. The number of aliphatic imine (C=N–C) groups is 1. The lowest BCUT2D eigenvalue weighted by atomic mass is 9.83. The number of rotatable bonds is 11. The van der Waals surface area contributed by atoms with Crippen molar-refractivity contribution in [1.82, 2.24) is 10.6 Å². The summed E-state index contributed by atoms with van der Waals surface area (Å²) in [7, 11) is 1.78. The molecule has 0 bridgehead atoms. The minimum atomic E-state index is 0.0566. The summed E-state index contributed by atoms with van der Waals surface area (Å²) in [6, 6.07) is 7.92. The highest BCUT2D eigenvalue weighted by molar-refractivity contribution is 5.90. The van der Waals surface area contributed by atoms with Crippen LogP contribution in [0, 0.1) is 5.41 Å². The highest BCUT2D eigenvalue weighted by atomic mass is 16.5. The van der Waals surface area contributed by atoms with E-state index < -0.39 is 0 Å². The van der Waals surface area contributed by atoms with Crippen molar-refractivity contribution in [3.8, 4) is 0 Å². The van der Waals surface area contributed by atoms with E-state index in [9.17, 15) is 4.79 Å². The van der Waals surface area contributed by atoms with Crippen molar-refractivity contribution in [2.24, 2.45) is 10.4 Å². The first-order valence-electron chi connectivity index (χ1n) is 11.0. The summed E-state index contributed by atoms with van der Waals surface area (Å²) in [4.78, 5) is 16.6. The van der Waals surface area contributed by atoms with E-state index >= 15 is 0 Å². The second-order valence-corrected chi connectivity index (χ2v) is 8.00. The third kappa shape index (κ3) is 8.05. The first-order chi connectivity index (χ1) is 14.1. The van der Waals surface area contributed by atoms with Gasteiger partial charge >= 0.3 is 0 Å². The number of amides is 1. The zero-order valence-corrected chi connectivity index (χ0v) is 18.4. The Hall–Kier alpha value is -2.08. The molecule has 1 saturated carbocycles. The minimum absolute atomic E-state index is 0.0566. The number of carbonyl (C=O) groups excluding carboxylic acids is 1. The van der Waals surface area contributed by atoms with Crippen LogP contribution in [0.15, 0.2) is 29.3 Å². The van der Waals surface area contributed by atoms with Crippen LogP contribution in [0.2, 0.25) is 0 Å². The molecule has 0 aromatic heterocycles. The fourth-order valence-corrected chi connectivity index (χ4v) is 3.94. The molecule has 1 aliphatic carbocycles. The first-order valence-corrected chi connectivity index (χ1v) is 11.0. The molecule has 3 N–H and O–H groups in total. The monoisotopic (exact) mass is 402 g/mol. The van der Waals surface area contributed by atoms with Crippen LogP contribution in [0.1, 0.15) is 64.4 Å². The van der Waals surface area contributed by atoms with Gasteiger partial charge < -0.3 is 20.7 Å². The summed E-state index contributed by atoms with van der Waals surface area (Å²) in [5.74, 6) is 0.901. The molecule has 1 aliphatic rings. The van der Waals surface area contributed by atoms with Crippen LogP contribution >= 0.6 is 0 Å². The summed E-state index contributed by atoms with van der Waals surface area (Å²) in [6.07, 6.45) is 7.59. The zero-order valence-electron chi connectivity index (χ0n) is 18.4. The number of hydrogen-bond donors (Lipinski definition) is 3. The van der Waals surface area contributed by atoms with Gasteiger partial charge in [-0.3, -0.25) is 4.79 Å². The van der Waals surface area contributed by atoms with Gasteiger partial charge in [-0.1, -0.05) is 31.9 Å². The highest BCUT2D eigenvalue weighted by Crippen LogP contribution is 2.40. The van der Waals surface area contributed by atoms with E-state index in [1.807, 2.05) is 31.2 Å². The fraction of sp³-hybridized carbons (Fsp3) is 0.652. The average molecular weight is 403 g/mol. The molecule has 0 spiro atoms. The van der Waals surface area contributed by atoms with Crippen molar-refractivity contribution in [3.05, 3.63) is 29.8 Å². The molecule has 0 atom stereocenters. The van der Waals surface area contributed by atoms with E-state index in [-0.39, 0.29) is 5.91 Å². The largest absolute Gasteiger partial charge is 0.385 e. The van der Waals surface area contributed by atoms with Gasteiger partial charge in [0, 0.05) is 38.9 Å². The molecule has 1 aromatic rings. The molecule has 0 aliphatic heterocycles. The van der Waals surface area contributed by atoms with Gasteiger partial charge in [-0.05, 0) is 55.7 Å². The van der Waals surface area contributed by atoms with Gasteiger partial charge in [0.15, 0.2) is 5.96 Å². The van der Waals surface area contributed by atoms with E-state index in [0.29, 0.717) is 18.4 Å². The van der Waals surface area contributed by atoms with Gasteiger partial charge in [-0.15, -0.1) is 0 Å². The molecule has 1 fully saturated rings. The van der Waals surface area contributed by atoms with E-state index in [0.717, 1.165) is 49.7 Å². The van der Waals surface area contributed by atoms with Crippen LogP contribution in [-0.4, -0.2) is 38.7 Å². The third-order valence-electron chi connectivity index (χ3n) is 5.58. The predicted molar refractivity (Wildman–Crippen MR) is 120 cm³/mol. The van der Waals surface area contributed by atoms with E-state index in [2.05, 4.69) is 22.9 Å². The number of carbonyl (C=O) groups is 1. The molecule has 0 unspecified atom stereocenters. The topological polar surface area (TPSA) is 74.8 Å². The van der Waals surface area contributed by atoms with Gasteiger partial charge in [0.25, 0.3) is 0 Å². The molecule has 1 amide bonds. The lowest BCUT2D eigenvalue weighted by Crippen LogP contribution is -2.43. The fourth-order valence-electron chi connectivity index (χ4n) is 3.94. The summed E-state index contributed by atoms with van der Waals surface area (Å²) in [5, 5.41) is 9.86. The van der Waals surface area contributed by atoms with Gasteiger partial charge in [0.2, 0.25) is 5.91 Å². The molecule has 2 rings (SSSR count). The summed E-state index contributed by atoms with van der Waals surface area (Å²) < 4.78 is 5.34. The van der Waals surface area contributed by atoms with E-state index in [1.54, 1.807) is 7.11 Å². The van der Waals surface area contributed by atoms with Crippen LogP contribution in [0.4, 0.5) is 5.69 Å². The Bertz CT molecular complexity index is 654. The normalized spacial score (nSPS) is 15.9. The van der Waals surface area contributed by atoms with Crippen molar-refractivity contribution >= 4 is 17.6 Å². The second kappa shape index (κ2) is 12.5. The Labute approximate surface area is 175 Å². The highest BCUT2D eigenvalue weighted by Gasteiger charge is 2.33. The third-order valence-corrected chi connectivity index (χ3v) is 5.58. The van der Waals surface area contributed by atoms with Crippen LogP contribution in [0.5, 0.6) is 0 Å². The zero-order chi connectivity index (χ0) is 21.0. The van der Waals surface area contributed by atoms with Crippen LogP contribution in [-0.2, 0) is 16.1 Å². The Morgan fingerprint density at radius 3 is 2.69 bits per heavy atom. The molecule has 0 heterocycles. The summed E-state index contributed by atoms with van der Waals surface area (Å²) in [5.41, 5.74) is 2.22. The number of hydrogen-bond acceptors (Lipinski definition) is 3. The minimum Gasteiger partial charge on any atom is -0.385 e. The molecule has 1 aromatic carbocycles. The maximum Gasteiger partial charge on any atom is 0.224 e. The number of methoxy groups -OCH3 is 1. The van der Waals surface area contributed by atoms with Crippen molar-refractivity contribution in [1.29, 1.82) is 0 Å². The molecule has 6 nitrogen and oxygen atoms in total. The molecular formula is C23H38N4O2. The molecule has 162 valence electrons. The van der Waals surface area contributed by atoms with Gasteiger partial charge in [-0.2, -0.15) is 0 Å². The Morgan fingerprint density at radius 1 is 1.21 bits per heavy atom. The first kappa shape index (κ1) is 23.2. The lowest BCUT2D eigenvalue weighted by Gasteiger charge is -2.30. The quantitative estimate of drug-likeness (QED) is 0.385.